The highest BCUT2D eigenvalue weighted by atomic mass is 19.4. The molecule has 0 fully saturated rings. The molecule has 1 aromatic heterocycles. The van der Waals surface area contributed by atoms with Crippen LogP contribution in [0.5, 0.6) is 0 Å². The average molecular weight is 388 g/mol. The molecule has 146 valence electrons. The van der Waals surface area contributed by atoms with E-state index in [1.807, 2.05) is 30.3 Å². The summed E-state index contributed by atoms with van der Waals surface area (Å²) in [5, 5.41) is 2.75. The van der Waals surface area contributed by atoms with Gasteiger partial charge in [0.05, 0.1) is 11.8 Å². The van der Waals surface area contributed by atoms with Gasteiger partial charge < -0.3 is 9.73 Å². The lowest BCUT2D eigenvalue weighted by Crippen LogP contribution is -2.25. The number of hydrogen-bond donors (Lipinski definition) is 1. The highest BCUT2D eigenvalue weighted by Gasteiger charge is 2.29. The summed E-state index contributed by atoms with van der Waals surface area (Å²) in [6, 6.07) is 14.5. The fourth-order valence-corrected chi connectivity index (χ4v) is 2.68. The van der Waals surface area contributed by atoms with Crippen LogP contribution in [0.4, 0.5) is 13.2 Å². The van der Waals surface area contributed by atoms with Crippen LogP contribution < -0.4 is 5.32 Å². The van der Waals surface area contributed by atoms with Gasteiger partial charge in [-0.25, -0.2) is 4.98 Å². The first kappa shape index (κ1) is 19.7. The van der Waals surface area contributed by atoms with Crippen LogP contribution in [0.25, 0.3) is 11.3 Å². The van der Waals surface area contributed by atoms with E-state index in [1.54, 1.807) is 6.20 Å². The number of halogens is 3. The summed E-state index contributed by atoms with van der Waals surface area (Å²) >= 11 is 0. The number of alkyl halides is 3. The molecule has 7 heteroatoms. The van der Waals surface area contributed by atoms with Crippen molar-refractivity contribution in [1.82, 2.24) is 10.3 Å². The van der Waals surface area contributed by atoms with Crippen LogP contribution in [0.2, 0.25) is 0 Å². The van der Waals surface area contributed by atoms with Gasteiger partial charge in [0.2, 0.25) is 5.91 Å². The largest absolute Gasteiger partial charge is 0.441 e. The van der Waals surface area contributed by atoms with Gasteiger partial charge >= 0.3 is 6.18 Å². The minimum atomic E-state index is -4.34. The molecule has 1 N–H and O–H groups in total. The van der Waals surface area contributed by atoms with Gasteiger partial charge in [0.25, 0.3) is 0 Å². The van der Waals surface area contributed by atoms with E-state index < -0.39 is 11.7 Å². The molecule has 0 unspecified atom stereocenters. The van der Waals surface area contributed by atoms with Crippen LogP contribution in [0.15, 0.2) is 65.2 Å². The lowest BCUT2D eigenvalue weighted by atomic mass is 10.1. The number of nitrogens with zero attached hydrogens (tertiary/aromatic N) is 1. The Bertz CT molecular complexity index is 903. The summed E-state index contributed by atoms with van der Waals surface area (Å²) in [7, 11) is 0. The van der Waals surface area contributed by atoms with E-state index in [1.165, 1.54) is 12.1 Å². The van der Waals surface area contributed by atoms with Crippen molar-refractivity contribution in [3.63, 3.8) is 0 Å². The van der Waals surface area contributed by atoms with Crippen LogP contribution in [0, 0.1) is 0 Å². The smallest absolute Gasteiger partial charge is 0.416 e. The predicted molar refractivity (Wildman–Crippen MR) is 98.4 cm³/mol. The summed E-state index contributed by atoms with van der Waals surface area (Å²) in [5.41, 5.74) is 0.969. The molecule has 1 heterocycles. The van der Waals surface area contributed by atoms with Gasteiger partial charge in [-0.05, 0) is 24.1 Å². The summed E-state index contributed by atoms with van der Waals surface area (Å²) in [6.07, 6.45) is -1.65. The van der Waals surface area contributed by atoms with Gasteiger partial charge in [-0.2, -0.15) is 13.2 Å². The molecule has 0 radical (unpaired) electrons. The van der Waals surface area contributed by atoms with Gasteiger partial charge in [0, 0.05) is 24.9 Å². The molecule has 28 heavy (non-hydrogen) atoms. The highest BCUT2D eigenvalue weighted by molar-refractivity contribution is 5.76. The summed E-state index contributed by atoms with van der Waals surface area (Å²) in [4.78, 5) is 16.1. The number of amides is 1. The molecule has 0 saturated heterocycles. The number of aryl methyl sites for hydroxylation is 1. The lowest BCUT2D eigenvalue weighted by Gasteiger charge is -2.08. The predicted octanol–water partition coefficient (Wildman–Crippen LogP) is 4.65. The standard InChI is InChI=1S/C21H19F3N2O2/c22-21(23,24)17-8-6-15(7-9-17)12-13-25-19(27)10-11-20-26-14-18(28-20)16-4-2-1-3-5-16/h1-9,14H,10-13H2,(H,25,27). The first-order chi connectivity index (χ1) is 13.4. The second-order valence-electron chi connectivity index (χ2n) is 6.28. The molecule has 0 aliphatic rings. The maximum Gasteiger partial charge on any atom is 0.416 e. The Hall–Kier alpha value is -3.09. The molecule has 2 aromatic carbocycles. The molecule has 0 spiro atoms. The van der Waals surface area contributed by atoms with E-state index in [0.29, 0.717) is 31.0 Å². The maximum absolute atomic E-state index is 12.5. The number of rotatable bonds is 7. The summed E-state index contributed by atoms with van der Waals surface area (Å²) in [6.45, 7) is 0.352. The van der Waals surface area contributed by atoms with Crippen molar-refractivity contribution in [3.05, 3.63) is 77.8 Å². The van der Waals surface area contributed by atoms with Crippen molar-refractivity contribution in [2.24, 2.45) is 0 Å². The maximum atomic E-state index is 12.5. The van der Waals surface area contributed by atoms with E-state index in [2.05, 4.69) is 10.3 Å². The Morgan fingerprint density at radius 1 is 1.00 bits per heavy atom. The van der Waals surface area contributed by atoms with E-state index >= 15 is 0 Å². The summed E-state index contributed by atoms with van der Waals surface area (Å²) < 4.78 is 43.2. The van der Waals surface area contributed by atoms with Crippen molar-refractivity contribution in [2.45, 2.75) is 25.4 Å². The first-order valence-electron chi connectivity index (χ1n) is 8.85. The van der Waals surface area contributed by atoms with E-state index in [4.69, 9.17) is 4.42 Å². The topological polar surface area (TPSA) is 55.1 Å². The van der Waals surface area contributed by atoms with Crippen LogP contribution in [-0.2, 0) is 23.8 Å². The Morgan fingerprint density at radius 3 is 2.39 bits per heavy atom. The van der Waals surface area contributed by atoms with Gasteiger partial charge in [-0.3, -0.25) is 4.79 Å². The number of benzene rings is 2. The number of carbonyl (C=O) groups excluding carboxylic acids is 1. The second kappa shape index (κ2) is 8.73. The summed E-state index contributed by atoms with van der Waals surface area (Å²) in [5.74, 6) is 0.974. The zero-order chi connectivity index (χ0) is 20.0. The molecule has 4 nitrogen and oxygen atoms in total. The quantitative estimate of drug-likeness (QED) is 0.641. The first-order valence-corrected chi connectivity index (χ1v) is 8.85. The molecule has 1 amide bonds. The minimum absolute atomic E-state index is 0.161. The molecular formula is C21H19F3N2O2. The molecule has 0 saturated carbocycles. The minimum Gasteiger partial charge on any atom is -0.441 e. The van der Waals surface area contributed by atoms with Crippen molar-refractivity contribution >= 4 is 5.91 Å². The molecule has 0 atom stereocenters. The van der Waals surface area contributed by atoms with Crippen molar-refractivity contribution in [2.75, 3.05) is 6.54 Å². The average Bonchev–Trinajstić information content (AvgIpc) is 3.16. The number of oxazole rings is 1. The molecule has 3 aromatic rings. The van der Waals surface area contributed by atoms with Gasteiger partial charge in [-0.15, -0.1) is 0 Å². The Morgan fingerprint density at radius 2 is 1.71 bits per heavy atom. The van der Waals surface area contributed by atoms with Crippen LogP contribution in [0.3, 0.4) is 0 Å². The van der Waals surface area contributed by atoms with Crippen LogP contribution in [-0.4, -0.2) is 17.4 Å². The number of carbonyl (C=O) groups is 1. The van der Waals surface area contributed by atoms with Crippen molar-refractivity contribution < 1.29 is 22.4 Å². The molecule has 0 aliphatic carbocycles. The number of aromatic nitrogens is 1. The van der Waals surface area contributed by atoms with E-state index in [-0.39, 0.29) is 12.3 Å². The SMILES string of the molecule is O=C(CCc1ncc(-c2ccccc2)o1)NCCc1ccc(C(F)(F)F)cc1. The Labute approximate surface area is 160 Å². The third-order valence-electron chi connectivity index (χ3n) is 4.19. The third-order valence-corrected chi connectivity index (χ3v) is 4.19. The van der Waals surface area contributed by atoms with Gasteiger partial charge in [0.15, 0.2) is 11.7 Å². The highest BCUT2D eigenvalue weighted by Crippen LogP contribution is 2.29. The molecule has 0 bridgehead atoms. The lowest BCUT2D eigenvalue weighted by molar-refractivity contribution is -0.137. The van der Waals surface area contributed by atoms with Crippen LogP contribution >= 0.6 is 0 Å². The van der Waals surface area contributed by atoms with Crippen molar-refractivity contribution in [1.29, 1.82) is 0 Å². The van der Waals surface area contributed by atoms with Gasteiger partial charge in [0.1, 0.15) is 0 Å². The Kier molecular flexibility index (Phi) is 6.13. The zero-order valence-electron chi connectivity index (χ0n) is 15.0. The van der Waals surface area contributed by atoms with E-state index in [9.17, 15) is 18.0 Å². The van der Waals surface area contributed by atoms with Crippen LogP contribution in [0.1, 0.15) is 23.4 Å². The fraction of sp³-hybridized carbons (Fsp3) is 0.238. The van der Waals surface area contributed by atoms with E-state index in [0.717, 1.165) is 23.3 Å². The number of hydrogen-bond acceptors (Lipinski definition) is 3. The van der Waals surface area contributed by atoms with Gasteiger partial charge in [-0.1, -0.05) is 42.5 Å². The Balaban J connectivity index is 1.41. The number of nitrogens with one attached hydrogen (secondary N) is 1. The zero-order valence-corrected chi connectivity index (χ0v) is 15.0. The molecule has 3 rings (SSSR count). The third kappa shape index (κ3) is 5.45. The second-order valence-corrected chi connectivity index (χ2v) is 6.28. The monoisotopic (exact) mass is 388 g/mol. The normalized spacial score (nSPS) is 11.4. The molecule has 0 aliphatic heterocycles. The van der Waals surface area contributed by atoms with Crippen molar-refractivity contribution in [3.8, 4) is 11.3 Å². The molecular weight excluding hydrogens is 369 g/mol. The fourth-order valence-electron chi connectivity index (χ4n) is 2.68.